The molecular formula is C39H36O4. The highest BCUT2D eigenvalue weighted by Gasteiger charge is 2.11. The van der Waals surface area contributed by atoms with Gasteiger partial charge in [0.1, 0.15) is 13.2 Å². The van der Waals surface area contributed by atoms with Crippen LogP contribution >= 0.6 is 0 Å². The van der Waals surface area contributed by atoms with E-state index in [1.165, 1.54) is 39.1 Å². The monoisotopic (exact) mass is 568 g/mol. The summed E-state index contributed by atoms with van der Waals surface area (Å²) in [6.45, 7) is 9.26. The Kier molecular flexibility index (Phi) is 9.48. The van der Waals surface area contributed by atoms with E-state index in [9.17, 15) is 9.59 Å². The number of rotatable bonds is 12. The molecule has 0 unspecified atom stereocenters. The van der Waals surface area contributed by atoms with Crippen LogP contribution in [0.15, 0.2) is 122 Å². The highest BCUT2D eigenvalue weighted by atomic mass is 16.5. The zero-order valence-electron chi connectivity index (χ0n) is 24.6. The van der Waals surface area contributed by atoms with Gasteiger partial charge in [0.25, 0.3) is 0 Å². The molecule has 216 valence electrons. The Morgan fingerprint density at radius 1 is 0.581 bits per heavy atom. The van der Waals surface area contributed by atoms with E-state index in [2.05, 4.69) is 98.1 Å². The molecule has 4 nitrogen and oxygen atoms in total. The van der Waals surface area contributed by atoms with Crippen LogP contribution < -0.4 is 0 Å². The highest BCUT2D eigenvalue weighted by Crippen LogP contribution is 2.27. The summed E-state index contributed by atoms with van der Waals surface area (Å²) in [6.07, 6.45) is 4.92. The average Bonchev–Trinajstić information content (AvgIpc) is 3.04. The summed E-state index contributed by atoms with van der Waals surface area (Å²) in [7, 11) is 0. The molecule has 0 amide bonds. The van der Waals surface area contributed by atoms with E-state index in [0.717, 1.165) is 47.6 Å². The van der Waals surface area contributed by atoms with E-state index in [0.29, 0.717) is 5.57 Å². The normalized spacial score (nSPS) is 10.9. The van der Waals surface area contributed by atoms with E-state index in [1.807, 2.05) is 12.1 Å². The molecule has 0 N–H and O–H groups in total. The van der Waals surface area contributed by atoms with Crippen molar-refractivity contribution in [3.63, 3.8) is 0 Å². The molecule has 0 aliphatic carbocycles. The van der Waals surface area contributed by atoms with Crippen LogP contribution in [0.3, 0.4) is 0 Å². The molecule has 5 aromatic carbocycles. The summed E-state index contributed by atoms with van der Waals surface area (Å²) < 4.78 is 10.7. The highest BCUT2D eigenvalue weighted by molar-refractivity contribution is 5.90. The first kappa shape index (κ1) is 29.5. The Balaban J connectivity index is 1.22. The minimum absolute atomic E-state index is 0.234. The van der Waals surface area contributed by atoms with Gasteiger partial charge in [-0.1, -0.05) is 110 Å². The Morgan fingerprint density at radius 2 is 0.977 bits per heavy atom. The lowest BCUT2D eigenvalue weighted by Crippen LogP contribution is -2.05. The quantitative estimate of drug-likeness (QED) is 0.112. The lowest BCUT2D eigenvalue weighted by Gasteiger charge is -2.13. The second-order valence-electron chi connectivity index (χ2n) is 10.8. The predicted molar refractivity (Wildman–Crippen MR) is 174 cm³/mol. The van der Waals surface area contributed by atoms with Gasteiger partial charge in [0.15, 0.2) is 0 Å². The van der Waals surface area contributed by atoms with Crippen LogP contribution in [-0.2, 0) is 58.0 Å². The number of fused-ring (bicyclic) bond motifs is 2. The number of benzene rings is 5. The molecule has 0 spiro atoms. The first-order valence-electron chi connectivity index (χ1n) is 14.6. The van der Waals surface area contributed by atoms with Crippen molar-refractivity contribution < 1.29 is 19.1 Å². The smallest absolute Gasteiger partial charge is 0.333 e. The predicted octanol–water partition coefficient (Wildman–Crippen LogP) is 8.41. The van der Waals surface area contributed by atoms with Gasteiger partial charge < -0.3 is 9.47 Å². The maximum absolute atomic E-state index is 11.9. The molecule has 0 fully saturated rings. The van der Waals surface area contributed by atoms with E-state index < -0.39 is 5.97 Å². The Bertz CT molecular complexity index is 1800. The number of carbonyl (C=O) groups excluding carboxylic acids is 2. The van der Waals surface area contributed by atoms with Crippen molar-refractivity contribution in [2.24, 2.45) is 0 Å². The molecule has 0 aliphatic heterocycles. The summed E-state index contributed by atoms with van der Waals surface area (Å²) >= 11 is 0. The summed E-state index contributed by atoms with van der Waals surface area (Å²) in [5, 5.41) is 4.61. The minimum atomic E-state index is -0.415. The summed E-state index contributed by atoms with van der Waals surface area (Å²) in [5.41, 5.74) is 7.56. The fourth-order valence-electron chi connectivity index (χ4n) is 5.44. The number of ether oxygens (including phenoxy) is 2. The second-order valence-corrected chi connectivity index (χ2v) is 10.8. The molecule has 5 rings (SSSR count). The van der Waals surface area contributed by atoms with Crippen LogP contribution in [0.5, 0.6) is 0 Å². The van der Waals surface area contributed by atoms with Crippen molar-refractivity contribution in [3.05, 3.63) is 155 Å². The Labute approximate surface area is 253 Å². The van der Waals surface area contributed by atoms with Crippen molar-refractivity contribution >= 4 is 33.5 Å². The Hall–Kier alpha value is -4.96. The molecule has 0 radical (unpaired) electrons. The number of hydrogen-bond acceptors (Lipinski definition) is 4. The standard InChI is InChI=1S/C39H36O4/c1-4-38(40)42-25-32-23-21-30(34-9-5-7-11-36(32)34)19-17-28-13-15-29(16-14-28)18-20-31-22-24-33(26-43-39(41)27(2)3)37-12-8-6-10-35(31)37/h4-16,21-24H,1-2,17-20,25-26H2,3H3. The van der Waals surface area contributed by atoms with Gasteiger partial charge in [0, 0.05) is 11.6 Å². The molecule has 0 saturated carbocycles. The molecule has 0 saturated heterocycles. The lowest BCUT2D eigenvalue weighted by molar-refractivity contribution is -0.140. The van der Waals surface area contributed by atoms with E-state index in [4.69, 9.17) is 9.47 Å². The largest absolute Gasteiger partial charge is 0.458 e. The maximum Gasteiger partial charge on any atom is 0.333 e. The van der Waals surface area contributed by atoms with Gasteiger partial charge in [0.2, 0.25) is 0 Å². The van der Waals surface area contributed by atoms with Gasteiger partial charge in [-0.15, -0.1) is 0 Å². The first-order valence-corrected chi connectivity index (χ1v) is 14.6. The molecule has 43 heavy (non-hydrogen) atoms. The van der Waals surface area contributed by atoms with Gasteiger partial charge >= 0.3 is 11.9 Å². The zero-order chi connectivity index (χ0) is 30.2. The van der Waals surface area contributed by atoms with Crippen LogP contribution in [0.2, 0.25) is 0 Å². The molecule has 5 aromatic rings. The molecule has 0 atom stereocenters. The van der Waals surface area contributed by atoms with E-state index >= 15 is 0 Å². The van der Waals surface area contributed by atoms with E-state index in [-0.39, 0.29) is 19.2 Å². The third-order valence-corrected chi connectivity index (χ3v) is 7.84. The maximum atomic E-state index is 11.9. The van der Waals surface area contributed by atoms with Gasteiger partial charge in [-0.05, 0) is 87.5 Å². The molecule has 0 aromatic heterocycles. The lowest BCUT2D eigenvalue weighted by atomic mass is 9.94. The zero-order valence-corrected chi connectivity index (χ0v) is 24.6. The van der Waals surface area contributed by atoms with Gasteiger partial charge in [0.05, 0.1) is 0 Å². The van der Waals surface area contributed by atoms with Crippen molar-refractivity contribution in [2.75, 3.05) is 0 Å². The summed E-state index contributed by atoms with van der Waals surface area (Å²) in [5.74, 6) is -0.784. The van der Waals surface area contributed by atoms with Crippen LogP contribution in [0.25, 0.3) is 21.5 Å². The fourth-order valence-corrected chi connectivity index (χ4v) is 5.44. The van der Waals surface area contributed by atoms with Crippen molar-refractivity contribution in [2.45, 2.75) is 45.8 Å². The molecule has 0 bridgehead atoms. The number of esters is 2. The third-order valence-electron chi connectivity index (χ3n) is 7.84. The fraction of sp³-hybridized carbons (Fsp3) is 0.179. The van der Waals surface area contributed by atoms with Crippen LogP contribution in [-0.4, -0.2) is 11.9 Å². The van der Waals surface area contributed by atoms with Crippen LogP contribution in [0.1, 0.15) is 40.3 Å². The van der Waals surface area contributed by atoms with E-state index in [1.54, 1.807) is 6.92 Å². The van der Waals surface area contributed by atoms with Gasteiger partial charge in [-0.25, -0.2) is 9.59 Å². The summed E-state index contributed by atoms with van der Waals surface area (Å²) in [6, 6.07) is 34.0. The van der Waals surface area contributed by atoms with Crippen molar-refractivity contribution in [1.82, 2.24) is 0 Å². The molecule has 0 heterocycles. The minimum Gasteiger partial charge on any atom is -0.458 e. The van der Waals surface area contributed by atoms with Gasteiger partial charge in [-0.3, -0.25) is 0 Å². The van der Waals surface area contributed by atoms with Crippen LogP contribution in [0, 0.1) is 0 Å². The number of carbonyl (C=O) groups is 2. The van der Waals surface area contributed by atoms with Crippen LogP contribution in [0.4, 0.5) is 0 Å². The average molecular weight is 569 g/mol. The molecule has 0 aliphatic rings. The number of aryl methyl sites for hydroxylation is 4. The summed E-state index contributed by atoms with van der Waals surface area (Å²) in [4.78, 5) is 23.4. The molecular weight excluding hydrogens is 532 g/mol. The first-order chi connectivity index (χ1) is 20.9. The van der Waals surface area contributed by atoms with Gasteiger partial charge in [-0.2, -0.15) is 0 Å². The third kappa shape index (κ3) is 7.28. The topological polar surface area (TPSA) is 52.6 Å². The molecule has 4 heteroatoms. The number of hydrogen-bond donors (Lipinski definition) is 0. The second kappa shape index (κ2) is 13.8. The Morgan fingerprint density at radius 3 is 1.40 bits per heavy atom. The SMILES string of the molecule is C=CC(=O)OCc1ccc(CCc2ccc(CCc3ccc(COC(=O)C(=C)C)c4ccccc34)cc2)c2ccccc12. The van der Waals surface area contributed by atoms with Crippen molar-refractivity contribution in [3.8, 4) is 0 Å². The van der Waals surface area contributed by atoms with Crippen molar-refractivity contribution in [1.29, 1.82) is 0 Å².